The Balaban J connectivity index is 1.09. The lowest BCUT2D eigenvalue weighted by atomic mass is 9.41. The molecule has 0 aliphatic heterocycles. The van der Waals surface area contributed by atoms with Crippen LogP contribution in [0.1, 0.15) is 85.5 Å². The number of benzene rings is 2. The normalized spacial score (nSPS) is 39.1. The number of aliphatic hydroxyl groups is 2. The molecule has 8 heteroatoms. The fourth-order valence-electron chi connectivity index (χ4n) is 11.1. The summed E-state index contributed by atoms with van der Waals surface area (Å²) in [6.07, 6.45) is 7.38. The second-order valence-electron chi connectivity index (χ2n) is 15.1. The van der Waals surface area contributed by atoms with Gasteiger partial charge in [0.05, 0.1) is 23.7 Å². The number of carbonyl (C=O) groups excluding carboxylic acids is 1. The minimum atomic E-state index is -4.08. The predicted octanol–water partition coefficient (Wildman–Crippen LogP) is 6.91. The van der Waals surface area contributed by atoms with Crippen molar-refractivity contribution in [2.24, 2.45) is 52.3 Å². The fraction of sp³-hybridized carbons (Fsp3) is 0.694. The summed E-state index contributed by atoms with van der Waals surface area (Å²) in [4.78, 5) is 12.7. The highest BCUT2D eigenvalue weighted by molar-refractivity contribution is 7.90. The third kappa shape index (κ3) is 5.27. The number of hydrogen-bond donors (Lipinski definition) is 3. The third-order valence-electron chi connectivity index (χ3n) is 13.2. The van der Waals surface area contributed by atoms with Crippen LogP contribution in [0, 0.1) is 52.3 Å². The maximum atomic E-state index is 13.0. The maximum absolute atomic E-state index is 13.0. The van der Waals surface area contributed by atoms with E-state index in [4.69, 9.17) is 4.74 Å². The average molecular weight is 626 g/mol. The standard InChI is InChI=1S/C36H51NO6S/c1-5-25-30-21-24(38)15-18-36(30,4)29-16-19-35(3)27(13-14-28(35)32(29)33(25)39)22(2)17-20-43-34(40)37-44(41,42)31-12-8-10-23-9-6-7-11-26(23)31/h6-12,22,24-25,27-30,32-33,38-39H,5,13-21H2,1-4H3,(H,37,40)/t22-,24-,25-,27-,28+,29+,30+,32?,33-,35?,36?/m1/s1. The Morgan fingerprint density at radius 2 is 1.68 bits per heavy atom. The van der Waals surface area contributed by atoms with Gasteiger partial charge in [0.25, 0.3) is 10.0 Å². The van der Waals surface area contributed by atoms with Gasteiger partial charge in [-0.05, 0) is 115 Å². The minimum Gasteiger partial charge on any atom is -0.449 e. The summed E-state index contributed by atoms with van der Waals surface area (Å²) in [5.41, 5.74) is 0.305. The highest BCUT2D eigenvalue weighted by Gasteiger charge is 2.64. The van der Waals surface area contributed by atoms with E-state index in [1.165, 1.54) is 6.07 Å². The number of amides is 1. The molecule has 0 bridgehead atoms. The Kier molecular flexibility index (Phi) is 8.59. The molecule has 4 saturated carbocycles. The van der Waals surface area contributed by atoms with Gasteiger partial charge in [0.1, 0.15) is 0 Å². The number of carbonyl (C=O) groups is 1. The van der Waals surface area contributed by atoms with Crippen molar-refractivity contribution < 1.29 is 28.2 Å². The van der Waals surface area contributed by atoms with E-state index in [1.54, 1.807) is 18.2 Å². The van der Waals surface area contributed by atoms with Gasteiger partial charge in [-0.15, -0.1) is 0 Å². The third-order valence-corrected chi connectivity index (χ3v) is 14.6. The number of ether oxygens (including phenoxy) is 1. The Labute approximate surface area is 263 Å². The SMILES string of the molecule is CC[C@H]1[C@@H](O)C2[C@@H]3CC[C@H]([C@H](C)CCOC(=O)NS(=O)(=O)c4cccc5ccccc45)C3(C)CC[C@@H]2C2(C)CC[C@@H](O)C[C@@H]12. The van der Waals surface area contributed by atoms with E-state index < -0.39 is 16.1 Å². The van der Waals surface area contributed by atoms with Crippen LogP contribution in [0.15, 0.2) is 47.4 Å². The van der Waals surface area contributed by atoms with Crippen LogP contribution in [0.25, 0.3) is 10.8 Å². The van der Waals surface area contributed by atoms with E-state index in [2.05, 4.69) is 32.4 Å². The molecular formula is C36H51NO6S. The molecule has 2 aromatic carbocycles. The quantitative estimate of drug-likeness (QED) is 0.308. The van der Waals surface area contributed by atoms with Crippen LogP contribution < -0.4 is 4.72 Å². The summed E-state index contributed by atoms with van der Waals surface area (Å²) < 4.78 is 33.6. The molecule has 3 unspecified atom stereocenters. The molecule has 11 atom stereocenters. The topological polar surface area (TPSA) is 113 Å². The molecule has 4 aliphatic carbocycles. The van der Waals surface area contributed by atoms with Crippen molar-refractivity contribution >= 4 is 26.9 Å². The van der Waals surface area contributed by atoms with Crippen molar-refractivity contribution in [2.45, 2.75) is 103 Å². The fourth-order valence-corrected chi connectivity index (χ4v) is 12.2. The molecule has 0 spiro atoms. The number of sulfonamides is 1. The molecule has 44 heavy (non-hydrogen) atoms. The smallest absolute Gasteiger partial charge is 0.421 e. The Morgan fingerprint density at radius 1 is 0.977 bits per heavy atom. The van der Waals surface area contributed by atoms with Crippen LogP contribution in [0.2, 0.25) is 0 Å². The first-order valence-corrected chi connectivity index (χ1v) is 18.4. The van der Waals surface area contributed by atoms with E-state index in [-0.39, 0.29) is 40.5 Å². The Morgan fingerprint density at radius 3 is 2.45 bits per heavy atom. The van der Waals surface area contributed by atoms with Gasteiger partial charge in [0.2, 0.25) is 0 Å². The van der Waals surface area contributed by atoms with E-state index >= 15 is 0 Å². The predicted molar refractivity (Wildman–Crippen MR) is 171 cm³/mol. The molecule has 2 aromatic rings. The molecule has 242 valence electrons. The van der Waals surface area contributed by atoms with Crippen molar-refractivity contribution in [2.75, 3.05) is 6.61 Å². The summed E-state index contributed by atoms with van der Waals surface area (Å²) in [6, 6.07) is 12.2. The highest BCUT2D eigenvalue weighted by atomic mass is 32.2. The Hall–Kier alpha value is -2.16. The average Bonchev–Trinajstić information content (AvgIpc) is 3.35. The zero-order valence-electron chi connectivity index (χ0n) is 26.7. The monoisotopic (exact) mass is 625 g/mol. The molecule has 0 saturated heterocycles. The van der Waals surface area contributed by atoms with Gasteiger partial charge in [-0.25, -0.2) is 17.9 Å². The van der Waals surface area contributed by atoms with Gasteiger partial charge < -0.3 is 14.9 Å². The van der Waals surface area contributed by atoms with E-state index in [9.17, 15) is 23.4 Å². The zero-order valence-corrected chi connectivity index (χ0v) is 27.6. The van der Waals surface area contributed by atoms with Crippen molar-refractivity contribution in [1.82, 2.24) is 4.72 Å². The number of rotatable bonds is 7. The van der Waals surface area contributed by atoms with Crippen LogP contribution in [-0.2, 0) is 14.8 Å². The van der Waals surface area contributed by atoms with E-state index in [0.29, 0.717) is 47.3 Å². The van der Waals surface area contributed by atoms with Crippen molar-refractivity contribution in [3.63, 3.8) is 0 Å². The van der Waals surface area contributed by atoms with E-state index in [1.807, 2.05) is 18.2 Å². The van der Waals surface area contributed by atoms with Gasteiger partial charge >= 0.3 is 6.09 Å². The van der Waals surface area contributed by atoms with Gasteiger partial charge in [-0.3, -0.25) is 0 Å². The zero-order chi connectivity index (χ0) is 31.4. The summed E-state index contributed by atoms with van der Waals surface area (Å²) in [5, 5.41) is 23.8. The molecular weight excluding hydrogens is 574 g/mol. The van der Waals surface area contributed by atoms with Crippen LogP contribution in [0.5, 0.6) is 0 Å². The lowest BCUT2D eigenvalue weighted by Gasteiger charge is -2.64. The second-order valence-corrected chi connectivity index (χ2v) is 16.8. The van der Waals surface area contributed by atoms with Gasteiger partial charge in [-0.1, -0.05) is 70.5 Å². The molecule has 4 aliphatic rings. The first-order chi connectivity index (χ1) is 20.9. The first-order valence-electron chi connectivity index (χ1n) is 16.9. The molecule has 0 heterocycles. The van der Waals surface area contributed by atoms with Crippen LogP contribution in [0.3, 0.4) is 0 Å². The van der Waals surface area contributed by atoms with Gasteiger partial charge in [-0.2, -0.15) is 0 Å². The maximum Gasteiger partial charge on any atom is 0.421 e. The summed E-state index contributed by atoms with van der Waals surface area (Å²) in [5.74, 6) is 2.67. The molecule has 6 rings (SSSR count). The summed E-state index contributed by atoms with van der Waals surface area (Å²) in [7, 11) is -4.08. The van der Waals surface area contributed by atoms with Crippen molar-refractivity contribution in [3.05, 3.63) is 42.5 Å². The van der Waals surface area contributed by atoms with Crippen molar-refractivity contribution in [3.8, 4) is 0 Å². The van der Waals surface area contributed by atoms with Crippen LogP contribution >= 0.6 is 0 Å². The Bertz CT molecular complexity index is 1470. The molecule has 0 radical (unpaired) electrons. The van der Waals surface area contributed by atoms with E-state index in [0.717, 1.165) is 56.8 Å². The summed E-state index contributed by atoms with van der Waals surface area (Å²) in [6.45, 7) is 9.52. The summed E-state index contributed by atoms with van der Waals surface area (Å²) >= 11 is 0. The van der Waals surface area contributed by atoms with Crippen LogP contribution in [0.4, 0.5) is 4.79 Å². The first kappa shape index (κ1) is 31.8. The second kappa shape index (κ2) is 11.9. The van der Waals surface area contributed by atoms with Crippen molar-refractivity contribution in [1.29, 1.82) is 0 Å². The molecule has 7 nitrogen and oxygen atoms in total. The van der Waals surface area contributed by atoms with Crippen LogP contribution in [-0.4, -0.2) is 43.5 Å². The molecule has 4 fully saturated rings. The lowest BCUT2D eigenvalue weighted by Crippen LogP contribution is -2.62. The number of aliphatic hydroxyl groups excluding tert-OH is 2. The number of nitrogens with one attached hydrogen (secondary N) is 1. The van der Waals surface area contributed by atoms with Gasteiger partial charge in [0.15, 0.2) is 0 Å². The minimum absolute atomic E-state index is 0.0567. The highest BCUT2D eigenvalue weighted by Crippen LogP contribution is 2.69. The molecule has 1 amide bonds. The number of fused-ring (bicyclic) bond motifs is 6. The lowest BCUT2D eigenvalue weighted by molar-refractivity contribution is -0.203. The largest absolute Gasteiger partial charge is 0.449 e. The molecule has 0 aromatic heterocycles. The van der Waals surface area contributed by atoms with Gasteiger partial charge in [0, 0.05) is 5.39 Å². The molecule has 3 N–H and O–H groups in total. The number of hydrogen-bond acceptors (Lipinski definition) is 6.